The maximum Gasteiger partial charge on any atom is 0.222 e. The molecule has 1 aromatic heterocycles. The molecular weight excluding hydrogens is 304 g/mol. The zero-order valence-electron chi connectivity index (χ0n) is 14.2. The van der Waals surface area contributed by atoms with Crippen LogP contribution in [-0.2, 0) is 16.0 Å². The summed E-state index contributed by atoms with van der Waals surface area (Å²) in [4.78, 5) is 23.2. The van der Waals surface area contributed by atoms with Gasteiger partial charge in [0.05, 0.1) is 11.9 Å². The van der Waals surface area contributed by atoms with Gasteiger partial charge in [-0.25, -0.2) is 4.68 Å². The van der Waals surface area contributed by atoms with Crippen molar-refractivity contribution in [1.29, 1.82) is 0 Å². The van der Waals surface area contributed by atoms with Gasteiger partial charge < -0.3 is 10.6 Å². The van der Waals surface area contributed by atoms with E-state index in [1.54, 1.807) is 10.9 Å². The van der Waals surface area contributed by atoms with Crippen LogP contribution in [0.15, 0.2) is 42.7 Å². The predicted octanol–water partition coefficient (Wildman–Crippen LogP) is 1.69. The van der Waals surface area contributed by atoms with Crippen molar-refractivity contribution in [3.8, 4) is 5.69 Å². The number of hydrogen-bond donors (Lipinski definition) is 2. The molecule has 1 aromatic carbocycles. The third kappa shape index (κ3) is 5.53. The van der Waals surface area contributed by atoms with Gasteiger partial charge in [0.2, 0.25) is 11.8 Å². The van der Waals surface area contributed by atoms with Crippen molar-refractivity contribution >= 4 is 11.8 Å². The molecule has 6 nitrogen and oxygen atoms in total. The number of carbonyl (C=O) groups excluding carboxylic acids is 2. The Kier molecular flexibility index (Phi) is 6.54. The minimum Gasteiger partial charge on any atom is -0.354 e. The highest BCUT2D eigenvalue weighted by Gasteiger charge is 2.07. The average molecular weight is 328 g/mol. The van der Waals surface area contributed by atoms with Crippen LogP contribution >= 0.6 is 0 Å². The van der Waals surface area contributed by atoms with E-state index >= 15 is 0 Å². The molecule has 2 N–H and O–H groups in total. The lowest BCUT2D eigenvalue weighted by Gasteiger charge is -2.08. The van der Waals surface area contributed by atoms with Crippen LogP contribution < -0.4 is 10.6 Å². The van der Waals surface area contributed by atoms with E-state index in [9.17, 15) is 9.59 Å². The highest BCUT2D eigenvalue weighted by Crippen LogP contribution is 2.09. The fraction of sp³-hybridized carbons (Fsp3) is 0.389. The molecule has 0 aliphatic heterocycles. The van der Waals surface area contributed by atoms with E-state index in [2.05, 4.69) is 15.7 Å². The summed E-state index contributed by atoms with van der Waals surface area (Å²) in [6, 6.07) is 9.84. The maximum atomic E-state index is 11.8. The Labute approximate surface area is 142 Å². The number of benzene rings is 1. The molecule has 0 bridgehead atoms. The number of nitrogens with zero attached hydrogens (tertiary/aromatic N) is 2. The van der Waals surface area contributed by atoms with Crippen LogP contribution in [0.25, 0.3) is 5.69 Å². The molecule has 0 radical (unpaired) electrons. The number of amides is 2. The van der Waals surface area contributed by atoms with Gasteiger partial charge in [-0.15, -0.1) is 0 Å². The molecule has 2 amide bonds. The molecule has 1 heterocycles. The first-order chi connectivity index (χ1) is 11.6. The van der Waals surface area contributed by atoms with E-state index in [0.29, 0.717) is 25.9 Å². The Hall–Kier alpha value is -2.63. The summed E-state index contributed by atoms with van der Waals surface area (Å²) in [7, 11) is 0. The Morgan fingerprint density at radius 3 is 2.54 bits per heavy atom. The zero-order valence-corrected chi connectivity index (χ0v) is 14.2. The van der Waals surface area contributed by atoms with Crippen LogP contribution in [-0.4, -0.2) is 34.7 Å². The monoisotopic (exact) mass is 328 g/mol. The van der Waals surface area contributed by atoms with Gasteiger partial charge in [-0.3, -0.25) is 9.59 Å². The second kappa shape index (κ2) is 8.86. The highest BCUT2D eigenvalue weighted by atomic mass is 16.2. The van der Waals surface area contributed by atoms with Gasteiger partial charge in [0.1, 0.15) is 0 Å². The third-order valence-corrected chi connectivity index (χ3v) is 3.57. The van der Waals surface area contributed by atoms with E-state index in [0.717, 1.165) is 11.3 Å². The number of rotatable bonds is 8. The normalized spacial score (nSPS) is 10.6. The molecule has 0 saturated carbocycles. The first-order valence-corrected chi connectivity index (χ1v) is 8.19. The molecule has 24 heavy (non-hydrogen) atoms. The summed E-state index contributed by atoms with van der Waals surface area (Å²) < 4.78 is 1.80. The van der Waals surface area contributed by atoms with Crippen LogP contribution in [0.4, 0.5) is 0 Å². The summed E-state index contributed by atoms with van der Waals surface area (Å²) in [5, 5.41) is 9.88. The molecule has 2 rings (SSSR count). The van der Waals surface area contributed by atoms with Crippen molar-refractivity contribution in [1.82, 2.24) is 20.4 Å². The Bertz CT molecular complexity index is 665. The molecular formula is C18H24N4O2. The van der Waals surface area contributed by atoms with E-state index < -0.39 is 0 Å². The number of nitrogens with one attached hydrogen (secondary N) is 2. The second-order valence-electron chi connectivity index (χ2n) is 5.92. The van der Waals surface area contributed by atoms with Gasteiger partial charge >= 0.3 is 0 Å². The minimum absolute atomic E-state index is 0.00225. The van der Waals surface area contributed by atoms with E-state index in [1.807, 2.05) is 50.4 Å². The number of aromatic nitrogens is 2. The standard InChI is InChI=1S/C18H24N4O2/c1-14(2)18(24)20-11-10-19-17(23)9-8-15-12-21-22(13-15)16-6-4-3-5-7-16/h3-7,12-14H,8-11H2,1-2H3,(H,19,23)(H,20,24). The Balaban J connectivity index is 1.69. The maximum absolute atomic E-state index is 11.8. The van der Waals surface area contributed by atoms with Gasteiger partial charge in [-0.1, -0.05) is 32.0 Å². The lowest BCUT2D eigenvalue weighted by atomic mass is 10.2. The first kappa shape index (κ1) is 17.7. The quantitative estimate of drug-likeness (QED) is 0.724. The van der Waals surface area contributed by atoms with E-state index in [-0.39, 0.29) is 17.7 Å². The van der Waals surface area contributed by atoms with Crippen LogP contribution in [0.3, 0.4) is 0 Å². The van der Waals surface area contributed by atoms with Crippen LogP contribution in [0.1, 0.15) is 25.8 Å². The summed E-state index contributed by atoms with van der Waals surface area (Å²) in [6.07, 6.45) is 4.75. The molecule has 0 fully saturated rings. The van der Waals surface area contributed by atoms with E-state index in [4.69, 9.17) is 0 Å². The summed E-state index contributed by atoms with van der Waals surface area (Å²) in [5.41, 5.74) is 2.01. The minimum atomic E-state index is -0.0400. The number of para-hydroxylation sites is 1. The molecule has 0 atom stereocenters. The van der Waals surface area contributed by atoms with Crippen molar-refractivity contribution in [2.24, 2.45) is 5.92 Å². The molecule has 6 heteroatoms. The first-order valence-electron chi connectivity index (χ1n) is 8.19. The van der Waals surface area contributed by atoms with Crippen LogP contribution in [0.2, 0.25) is 0 Å². The van der Waals surface area contributed by atoms with Crippen molar-refractivity contribution < 1.29 is 9.59 Å². The SMILES string of the molecule is CC(C)C(=O)NCCNC(=O)CCc1cnn(-c2ccccc2)c1. The lowest BCUT2D eigenvalue weighted by molar-refractivity contribution is -0.124. The van der Waals surface area contributed by atoms with E-state index in [1.165, 1.54) is 0 Å². The summed E-state index contributed by atoms with van der Waals surface area (Å²) in [5.74, 6) is -0.0688. The van der Waals surface area contributed by atoms with Crippen molar-refractivity contribution in [2.45, 2.75) is 26.7 Å². The summed E-state index contributed by atoms with van der Waals surface area (Å²) in [6.45, 7) is 4.57. The lowest BCUT2D eigenvalue weighted by Crippen LogP contribution is -2.36. The topological polar surface area (TPSA) is 76.0 Å². The number of hydrogen-bond acceptors (Lipinski definition) is 3. The van der Waals surface area contributed by atoms with Crippen LogP contribution in [0.5, 0.6) is 0 Å². The van der Waals surface area contributed by atoms with Gasteiger partial charge in [-0.05, 0) is 24.1 Å². The Morgan fingerprint density at radius 1 is 1.12 bits per heavy atom. The van der Waals surface area contributed by atoms with Gasteiger partial charge in [0.15, 0.2) is 0 Å². The molecule has 0 saturated heterocycles. The fourth-order valence-electron chi connectivity index (χ4n) is 2.15. The van der Waals surface area contributed by atoms with Gasteiger partial charge in [-0.2, -0.15) is 5.10 Å². The molecule has 0 unspecified atom stereocenters. The number of aryl methyl sites for hydroxylation is 1. The Morgan fingerprint density at radius 2 is 1.83 bits per heavy atom. The highest BCUT2D eigenvalue weighted by molar-refractivity contribution is 5.78. The smallest absolute Gasteiger partial charge is 0.222 e. The average Bonchev–Trinajstić information content (AvgIpc) is 3.06. The molecule has 0 spiro atoms. The second-order valence-corrected chi connectivity index (χ2v) is 5.92. The van der Waals surface area contributed by atoms with Gasteiger partial charge in [0.25, 0.3) is 0 Å². The molecule has 0 aliphatic rings. The van der Waals surface area contributed by atoms with Crippen molar-refractivity contribution in [3.05, 3.63) is 48.3 Å². The van der Waals surface area contributed by atoms with Crippen molar-refractivity contribution in [3.63, 3.8) is 0 Å². The molecule has 128 valence electrons. The summed E-state index contributed by atoms with van der Waals surface area (Å²) >= 11 is 0. The number of carbonyl (C=O) groups is 2. The fourth-order valence-corrected chi connectivity index (χ4v) is 2.15. The van der Waals surface area contributed by atoms with Crippen molar-refractivity contribution in [2.75, 3.05) is 13.1 Å². The van der Waals surface area contributed by atoms with Gasteiger partial charge in [0, 0.05) is 31.6 Å². The third-order valence-electron chi connectivity index (χ3n) is 3.57. The largest absolute Gasteiger partial charge is 0.354 e. The predicted molar refractivity (Wildman–Crippen MR) is 92.7 cm³/mol. The molecule has 2 aromatic rings. The van der Waals surface area contributed by atoms with Crippen LogP contribution in [0, 0.1) is 5.92 Å². The zero-order chi connectivity index (χ0) is 17.4. The molecule has 0 aliphatic carbocycles.